The summed E-state index contributed by atoms with van der Waals surface area (Å²) in [6.45, 7) is 2.54. The van der Waals surface area contributed by atoms with Crippen molar-refractivity contribution in [1.29, 1.82) is 0 Å². The maximum absolute atomic E-state index is 13.2. The Hall–Kier alpha value is -1.74. The van der Waals surface area contributed by atoms with Crippen LogP contribution in [0.15, 0.2) is 36.5 Å². The Balaban J connectivity index is 2.06. The van der Waals surface area contributed by atoms with Gasteiger partial charge in [-0.2, -0.15) is 0 Å². The number of ether oxygens (including phenoxy) is 1. The molecular weight excluding hydrogens is 262 g/mol. The number of aromatic nitrogens is 1. The first-order valence-corrected chi connectivity index (χ1v) is 7.79. The van der Waals surface area contributed by atoms with E-state index < -0.39 is 5.60 Å². The largest absolute Gasteiger partial charge is 0.367 e. The number of para-hydroxylation sites is 1. The number of carbonyl (C=O) groups is 1. The van der Waals surface area contributed by atoms with Crippen molar-refractivity contribution < 1.29 is 9.53 Å². The van der Waals surface area contributed by atoms with Gasteiger partial charge in [-0.15, -0.1) is 0 Å². The molecule has 1 aliphatic carbocycles. The van der Waals surface area contributed by atoms with Crippen LogP contribution in [-0.4, -0.2) is 23.0 Å². The summed E-state index contributed by atoms with van der Waals surface area (Å²) in [6, 6.07) is 9.70. The lowest BCUT2D eigenvalue weighted by atomic mass is 9.79. The predicted octanol–water partition coefficient (Wildman–Crippen LogP) is 4.16. The highest BCUT2D eigenvalue weighted by Gasteiger charge is 2.41. The zero-order valence-electron chi connectivity index (χ0n) is 12.5. The van der Waals surface area contributed by atoms with Gasteiger partial charge in [-0.1, -0.05) is 37.5 Å². The molecule has 1 fully saturated rings. The third-order valence-corrected chi connectivity index (χ3v) is 4.37. The number of rotatable bonds is 4. The SMILES string of the molecule is CCOC1(C(=O)c2cccc3cccnc23)CCCCC1. The zero-order valence-corrected chi connectivity index (χ0v) is 12.5. The van der Waals surface area contributed by atoms with Crippen LogP contribution < -0.4 is 0 Å². The second-order valence-corrected chi connectivity index (χ2v) is 5.70. The number of ketones is 1. The molecule has 0 spiro atoms. The number of Topliss-reactive ketones (excluding diaryl/α,β-unsaturated/α-hetero) is 1. The fraction of sp³-hybridized carbons (Fsp3) is 0.444. The molecule has 3 rings (SSSR count). The molecule has 2 aromatic rings. The Bertz CT molecular complexity index is 634. The fourth-order valence-corrected chi connectivity index (χ4v) is 3.37. The molecule has 0 radical (unpaired) electrons. The Morgan fingerprint density at radius 1 is 1.19 bits per heavy atom. The first-order chi connectivity index (χ1) is 10.3. The molecule has 0 amide bonds. The minimum absolute atomic E-state index is 0.105. The van der Waals surface area contributed by atoms with Crippen molar-refractivity contribution in [3.8, 4) is 0 Å². The number of hydrogen-bond acceptors (Lipinski definition) is 3. The molecule has 1 saturated carbocycles. The van der Waals surface area contributed by atoms with Crippen LogP contribution in [-0.2, 0) is 4.74 Å². The molecule has 0 bridgehead atoms. The summed E-state index contributed by atoms with van der Waals surface area (Å²) < 4.78 is 5.96. The molecule has 1 aliphatic rings. The van der Waals surface area contributed by atoms with Crippen LogP contribution in [0.5, 0.6) is 0 Å². The normalized spacial score (nSPS) is 17.8. The molecule has 0 saturated heterocycles. The molecule has 0 aliphatic heterocycles. The zero-order chi connectivity index (χ0) is 14.7. The van der Waals surface area contributed by atoms with E-state index in [0.29, 0.717) is 12.2 Å². The Labute approximate surface area is 125 Å². The van der Waals surface area contributed by atoms with E-state index in [0.717, 1.165) is 36.6 Å². The van der Waals surface area contributed by atoms with Crippen molar-refractivity contribution in [1.82, 2.24) is 4.98 Å². The number of benzene rings is 1. The number of pyridine rings is 1. The lowest BCUT2D eigenvalue weighted by Crippen LogP contribution is -2.43. The Morgan fingerprint density at radius 2 is 1.95 bits per heavy atom. The van der Waals surface area contributed by atoms with E-state index in [1.807, 2.05) is 37.3 Å². The van der Waals surface area contributed by atoms with E-state index in [1.54, 1.807) is 6.20 Å². The van der Waals surface area contributed by atoms with Gasteiger partial charge in [0.2, 0.25) is 0 Å². The first kappa shape index (κ1) is 14.2. The van der Waals surface area contributed by atoms with E-state index in [2.05, 4.69) is 4.98 Å². The molecule has 110 valence electrons. The quantitative estimate of drug-likeness (QED) is 0.791. The summed E-state index contributed by atoms with van der Waals surface area (Å²) in [4.78, 5) is 17.6. The maximum Gasteiger partial charge on any atom is 0.196 e. The van der Waals surface area contributed by atoms with Crippen LogP contribution in [0.3, 0.4) is 0 Å². The monoisotopic (exact) mass is 283 g/mol. The van der Waals surface area contributed by atoms with Crippen LogP contribution >= 0.6 is 0 Å². The predicted molar refractivity (Wildman–Crippen MR) is 83.5 cm³/mol. The van der Waals surface area contributed by atoms with Gasteiger partial charge in [-0.25, -0.2) is 0 Å². The maximum atomic E-state index is 13.2. The number of fused-ring (bicyclic) bond motifs is 1. The van der Waals surface area contributed by atoms with Gasteiger partial charge in [0.25, 0.3) is 0 Å². The van der Waals surface area contributed by atoms with Gasteiger partial charge in [0.15, 0.2) is 5.78 Å². The molecule has 3 nitrogen and oxygen atoms in total. The van der Waals surface area contributed by atoms with Crippen LogP contribution in [0.4, 0.5) is 0 Å². The standard InChI is InChI=1S/C18H21NO2/c1-2-21-18(11-4-3-5-12-18)17(20)15-10-6-8-14-9-7-13-19-16(14)15/h6-10,13H,2-5,11-12H2,1H3. The molecule has 1 aromatic carbocycles. The third kappa shape index (κ3) is 2.58. The lowest BCUT2D eigenvalue weighted by molar-refractivity contribution is -0.0410. The molecule has 21 heavy (non-hydrogen) atoms. The minimum Gasteiger partial charge on any atom is -0.367 e. The van der Waals surface area contributed by atoms with E-state index in [9.17, 15) is 4.79 Å². The van der Waals surface area contributed by atoms with E-state index >= 15 is 0 Å². The molecule has 1 heterocycles. The van der Waals surface area contributed by atoms with Crippen molar-refractivity contribution in [3.63, 3.8) is 0 Å². The molecule has 0 N–H and O–H groups in total. The first-order valence-electron chi connectivity index (χ1n) is 7.79. The highest BCUT2D eigenvalue weighted by Crippen LogP contribution is 2.35. The van der Waals surface area contributed by atoms with Crippen molar-refractivity contribution in [2.45, 2.75) is 44.6 Å². The molecule has 0 unspecified atom stereocenters. The summed E-state index contributed by atoms with van der Waals surface area (Å²) >= 11 is 0. The summed E-state index contributed by atoms with van der Waals surface area (Å²) in [5, 5.41) is 1.01. The van der Waals surface area contributed by atoms with Crippen molar-refractivity contribution >= 4 is 16.7 Å². The summed E-state index contributed by atoms with van der Waals surface area (Å²) in [6.07, 6.45) is 6.70. The number of carbonyl (C=O) groups excluding carboxylic acids is 1. The molecule has 0 atom stereocenters. The molecule has 3 heteroatoms. The number of nitrogens with zero attached hydrogens (tertiary/aromatic N) is 1. The minimum atomic E-state index is -0.640. The Morgan fingerprint density at radius 3 is 2.71 bits per heavy atom. The van der Waals surface area contributed by atoms with Crippen LogP contribution in [0, 0.1) is 0 Å². The lowest BCUT2D eigenvalue weighted by Gasteiger charge is -2.35. The molecular formula is C18H21NO2. The summed E-state index contributed by atoms with van der Waals surface area (Å²) in [5.74, 6) is 0.105. The summed E-state index contributed by atoms with van der Waals surface area (Å²) in [7, 11) is 0. The van der Waals surface area contributed by atoms with Crippen molar-refractivity contribution in [2.24, 2.45) is 0 Å². The topological polar surface area (TPSA) is 39.2 Å². The average molecular weight is 283 g/mol. The van der Waals surface area contributed by atoms with Gasteiger partial charge in [-0.05, 0) is 31.9 Å². The van der Waals surface area contributed by atoms with Crippen LogP contribution in [0.25, 0.3) is 10.9 Å². The van der Waals surface area contributed by atoms with Crippen molar-refractivity contribution in [3.05, 3.63) is 42.1 Å². The van der Waals surface area contributed by atoms with Gasteiger partial charge in [0.1, 0.15) is 5.60 Å². The molecule has 1 aromatic heterocycles. The van der Waals surface area contributed by atoms with Gasteiger partial charge in [0, 0.05) is 23.8 Å². The van der Waals surface area contributed by atoms with Crippen molar-refractivity contribution in [2.75, 3.05) is 6.61 Å². The van der Waals surface area contributed by atoms with Gasteiger partial charge >= 0.3 is 0 Å². The van der Waals surface area contributed by atoms with Gasteiger partial charge in [-0.3, -0.25) is 9.78 Å². The van der Waals surface area contributed by atoms with Gasteiger partial charge < -0.3 is 4.74 Å². The smallest absolute Gasteiger partial charge is 0.196 e. The second-order valence-electron chi connectivity index (χ2n) is 5.70. The average Bonchev–Trinajstić information content (AvgIpc) is 2.55. The van der Waals surface area contributed by atoms with Crippen LogP contribution in [0.2, 0.25) is 0 Å². The Kier molecular flexibility index (Phi) is 4.02. The van der Waals surface area contributed by atoms with Gasteiger partial charge in [0.05, 0.1) is 5.52 Å². The third-order valence-electron chi connectivity index (χ3n) is 4.37. The van der Waals surface area contributed by atoms with E-state index in [-0.39, 0.29) is 5.78 Å². The fourth-order valence-electron chi connectivity index (χ4n) is 3.37. The highest BCUT2D eigenvalue weighted by atomic mass is 16.5. The highest BCUT2D eigenvalue weighted by molar-refractivity contribution is 6.10. The number of hydrogen-bond donors (Lipinski definition) is 0. The van der Waals surface area contributed by atoms with Crippen LogP contribution in [0.1, 0.15) is 49.4 Å². The van der Waals surface area contributed by atoms with E-state index in [1.165, 1.54) is 6.42 Å². The second kappa shape index (κ2) is 5.94. The summed E-state index contributed by atoms with van der Waals surface area (Å²) in [5.41, 5.74) is 0.844. The van der Waals surface area contributed by atoms with E-state index in [4.69, 9.17) is 4.74 Å².